The summed E-state index contributed by atoms with van der Waals surface area (Å²) in [6.07, 6.45) is 1.35. The SMILES string of the molecule is CCCNS(=O)(=O)N1CCCN(C(=O)c2cccc(Cl)c2)CC1. The van der Waals surface area contributed by atoms with Crippen LogP contribution in [0.1, 0.15) is 30.1 Å². The molecular formula is C15H22ClN3O3S. The topological polar surface area (TPSA) is 69.7 Å². The third kappa shape index (κ3) is 4.91. The van der Waals surface area contributed by atoms with Crippen molar-refractivity contribution in [2.45, 2.75) is 19.8 Å². The van der Waals surface area contributed by atoms with Crippen molar-refractivity contribution in [2.75, 3.05) is 32.7 Å². The number of halogens is 1. The second-order valence-corrected chi connectivity index (χ2v) is 7.65. The van der Waals surface area contributed by atoms with E-state index in [0.717, 1.165) is 6.42 Å². The van der Waals surface area contributed by atoms with E-state index in [1.54, 1.807) is 29.2 Å². The molecule has 1 saturated heterocycles. The van der Waals surface area contributed by atoms with Crippen LogP contribution >= 0.6 is 11.6 Å². The average Bonchev–Trinajstić information content (AvgIpc) is 2.79. The van der Waals surface area contributed by atoms with Crippen LogP contribution in [-0.2, 0) is 10.2 Å². The Morgan fingerprint density at radius 1 is 1.26 bits per heavy atom. The summed E-state index contributed by atoms with van der Waals surface area (Å²) in [5.74, 6) is -0.117. The summed E-state index contributed by atoms with van der Waals surface area (Å²) < 4.78 is 28.3. The zero-order valence-corrected chi connectivity index (χ0v) is 14.7. The second kappa shape index (κ2) is 8.10. The molecule has 23 heavy (non-hydrogen) atoms. The van der Waals surface area contributed by atoms with Crippen molar-refractivity contribution < 1.29 is 13.2 Å². The minimum atomic E-state index is -3.47. The van der Waals surface area contributed by atoms with Gasteiger partial charge in [-0.15, -0.1) is 0 Å². The number of rotatable bonds is 5. The highest BCUT2D eigenvalue weighted by molar-refractivity contribution is 7.87. The molecule has 1 heterocycles. The number of amides is 1. The van der Waals surface area contributed by atoms with Crippen molar-refractivity contribution in [3.63, 3.8) is 0 Å². The summed E-state index contributed by atoms with van der Waals surface area (Å²) in [6.45, 7) is 3.95. The van der Waals surface area contributed by atoms with E-state index in [1.165, 1.54) is 4.31 Å². The first-order valence-electron chi connectivity index (χ1n) is 7.73. The molecule has 0 saturated carbocycles. The van der Waals surface area contributed by atoms with Crippen LogP contribution in [0.4, 0.5) is 0 Å². The summed E-state index contributed by atoms with van der Waals surface area (Å²) in [7, 11) is -3.47. The number of carbonyl (C=O) groups is 1. The largest absolute Gasteiger partial charge is 0.337 e. The van der Waals surface area contributed by atoms with Gasteiger partial charge < -0.3 is 4.90 Å². The molecular weight excluding hydrogens is 338 g/mol. The lowest BCUT2D eigenvalue weighted by atomic mass is 10.2. The Morgan fingerprint density at radius 3 is 2.74 bits per heavy atom. The van der Waals surface area contributed by atoms with E-state index in [4.69, 9.17) is 11.6 Å². The maximum absolute atomic E-state index is 12.5. The van der Waals surface area contributed by atoms with Gasteiger partial charge in [-0.05, 0) is 31.0 Å². The van der Waals surface area contributed by atoms with Crippen LogP contribution in [0, 0.1) is 0 Å². The number of hydrogen-bond donors (Lipinski definition) is 1. The molecule has 1 aromatic rings. The summed E-state index contributed by atoms with van der Waals surface area (Å²) in [5, 5.41) is 0.513. The average molecular weight is 360 g/mol. The third-order valence-corrected chi connectivity index (χ3v) is 5.54. The predicted octanol–water partition coefficient (Wildman–Crippen LogP) is 1.73. The minimum absolute atomic E-state index is 0.117. The molecule has 0 aromatic heterocycles. The Balaban J connectivity index is 2.02. The van der Waals surface area contributed by atoms with Crippen molar-refractivity contribution in [1.29, 1.82) is 0 Å². The zero-order valence-electron chi connectivity index (χ0n) is 13.2. The predicted molar refractivity (Wildman–Crippen MR) is 90.8 cm³/mol. The molecule has 128 valence electrons. The number of hydrogen-bond acceptors (Lipinski definition) is 3. The lowest BCUT2D eigenvalue weighted by Gasteiger charge is -2.22. The van der Waals surface area contributed by atoms with Crippen LogP contribution < -0.4 is 4.72 Å². The van der Waals surface area contributed by atoms with E-state index < -0.39 is 10.2 Å². The number of carbonyl (C=O) groups excluding carboxylic acids is 1. The molecule has 0 spiro atoms. The van der Waals surface area contributed by atoms with Crippen molar-refractivity contribution in [1.82, 2.24) is 13.9 Å². The van der Waals surface area contributed by atoms with Gasteiger partial charge in [-0.1, -0.05) is 24.6 Å². The molecule has 1 aromatic carbocycles. The molecule has 2 rings (SSSR count). The lowest BCUT2D eigenvalue weighted by Crippen LogP contribution is -2.43. The monoisotopic (exact) mass is 359 g/mol. The molecule has 1 aliphatic heterocycles. The number of nitrogens with one attached hydrogen (secondary N) is 1. The number of benzene rings is 1. The van der Waals surface area contributed by atoms with Crippen molar-refractivity contribution in [3.8, 4) is 0 Å². The second-order valence-electron chi connectivity index (χ2n) is 5.45. The van der Waals surface area contributed by atoms with Gasteiger partial charge >= 0.3 is 0 Å². The van der Waals surface area contributed by atoms with Crippen LogP contribution in [0.2, 0.25) is 5.02 Å². The first kappa shape index (κ1) is 18.2. The Hall–Kier alpha value is -1.15. The Morgan fingerprint density at radius 2 is 2.04 bits per heavy atom. The van der Waals surface area contributed by atoms with Crippen molar-refractivity contribution in [2.24, 2.45) is 0 Å². The van der Waals surface area contributed by atoms with Gasteiger partial charge in [-0.2, -0.15) is 12.7 Å². The number of nitrogens with zero attached hydrogens (tertiary/aromatic N) is 2. The summed E-state index contributed by atoms with van der Waals surface area (Å²) in [4.78, 5) is 14.2. The van der Waals surface area contributed by atoms with Crippen LogP contribution in [-0.4, -0.2) is 56.3 Å². The Bertz CT molecular complexity index is 651. The van der Waals surface area contributed by atoms with Gasteiger partial charge in [0.15, 0.2) is 0 Å². The summed E-state index contributed by atoms with van der Waals surface area (Å²) in [5.41, 5.74) is 0.526. The molecule has 0 aliphatic carbocycles. The minimum Gasteiger partial charge on any atom is -0.337 e. The summed E-state index contributed by atoms with van der Waals surface area (Å²) in [6, 6.07) is 6.80. The molecule has 0 radical (unpaired) electrons. The molecule has 1 aliphatic rings. The van der Waals surface area contributed by atoms with Gasteiger partial charge in [0, 0.05) is 43.3 Å². The molecule has 1 fully saturated rings. The highest BCUT2D eigenvalue weighted by atomic mass is 35.5. The van der Waals surface area contributed by atoms with Crippen molar-refractivity contribution in [3.05, 3.63) is 34.9 Å². The highest BCUT2D eigenvalue weighted by Crippen LogP contribution is 2.15. The van der Waals surface area contributed by atoms with Gasteiger partial charge in [-0.25, -0.2) is 4.72 Å². The fraction of sp³-hybridized carbons (Fsp3) is 0.533. The standard InChI is InChI=1S/C15H22ClN3O3S/c1-2-7-17-23(21,22)19-9-4-8-18(10-11-19)15(20)13-5-3-6-14(16)12-13/h3,5-6,12,17H,2,4,7-11H2,1H3. The molecule has 1 N–H and O–H groups in total. The van der Waals surface area contributed by atoms with E-state index in [1.807, 2.05) is 6.92 Å². The van der Waals surface area contributed by atoms with Crippen molar-refractivity contribution >= 4 is 27.7 Å². The fourth-order valence-corrected chi connectivity index (χ4v) is 3.99. The quantitative estimate of drug-likeness (QED) is 0.870. The van der Waals surface area contributed by atoms with Gasteiger partial charge in [-0.3, -0.25) is 4.79 Å². The maximum Gasteiger partial charge on any atom is 0.279 e. The van der Waals surface area contributed by atoms with E-state index in [9.17, 15) is 13.2 Å². The van der Waals surface area contributed by atoms with Crippen LogP contribution in [0.15, 0.2) is 24.3 Å². The molecule has 0 atom stereocenters. The molecule has 0 bridgehead atoms. The van der Waals surface area contributed by atoms with E-state index in [-0.39, 0.29) is 5.91 Å². The van der Waals surface area contributed by atoms with Crippen LogP contribution in [0.25, 0.3) is 0 Å². The van der Waals surface area contributed by atoms with Crippen LogP contribution in [0.3, 0.4) is 0 Å². The van der Waals surface area contributed by atoms with Gasteiger partial charge in [0.25, 0.3) is 16.1 Å². The molecule has 8 heteroatoms. The Kier molecular flexibility index (Phi) is 6.41. The summed E-state index contributed by atoms with van der Waals surface area (Å²) >= 11 is 5.93. The first-order chi connectivity index (χ1) is 10.9. The van der Waals surface area contributed by atoms with Gasteiger partial charge in [0.2, 0.25) is 0 Å². The van der Waals surface area contributed by atoms with Gasteiger partial charge in [0.05, 0.1) is 0 Å². The maximum atomic E-state index is 12.5. The fourth-order valence-electron chi connectivity index (χ4n) is 2.46. The Labute approximate surface area is 142 Å². The molecule has 1 amide bonds. The van der Waals surface area contributed by atoms with Crippen LogP contribution in [0.5, 0.6) is 0 Å². The third-order valence-electron chi connectivity index (χ3n) is 3.69. The van der Waals surface area contributed by atoms with E-state index >= 15 is 0 Å². The lowest BCUT2D eigenvalue weighted by molar-refractivity contribution is 0.0764. The smallest absolute Gasteiger partial charge is 0.279 e. The highest BCUT2D eigenvalue weighted by Gasteiger charge is 2.26. The van der Waals surface area contributed by atoms with Gasteiger partial charge in [0.1, 0.15) is 0 Å². The molecule has 0 unspecified atom stereocenters. The zero-order chi connectivity index (χ0) is 16.9. The van der Waals surface area contributed by atoms with E-state index in [2.05, 4.69) is 4.72 Å². The molecule has 6 nitrogen and oxygen atoms in total. The van der Waals surface area contributed by atoms with E-state index in [0.29, 0.717) is 49.7 Å². The first-order valence-corrected chi connectivity index (χ1v) is 9.55. The normalized spacial score (nSPS) is 17.0.